The molecule has 1 aromatic heterocycles. The first-order chi connectivity index (χ1) is 12.3. The number of hydrogen-bond donors (Lipinski definition) is 0. The van der Waals surface area contributed by atoms with Crippen molar-refractivity contribution < 1.29 is 4.79 Å². The van der Waals surface area contributed by atoms with Crippen LogP contribution >= 0.6 is 23.2 Å². The molecular formula is C18H22Cl2N4O2. The monoisotopic (exact) mass is 396 g/mol. The lowest BCUT2D eigenvalue weighted by molar-refractivity contribution is 0.0703. The van der Waals surface area contributed by atoms with Crippen LogP contribution in [0.3, 0.4) is 0 Å². The summed E-state index contributed by atoms with van der Waals surface area (Å²) in [6.07, 6.45) is 1.73. The van der Waals surface area contributed by atoms with Crippen LogP contribution in [0.25, 0.3) is 0 Å². The minimum Gasteiger partial charge on any atom is -0.338 e. The molecule has 1 saturated heterocycles. The van der Waals surface area contributed by atoms with Crippen molar-refractivity contribution in [3.63, 3.8) is 0 Å². The Morgan fingerprint density at radius 2 is 2.04 bits per heavy atom. The molecule has 8 heteroatoms. The van der Waals surface area contributed by atoms with Crippen molar-refractivity contribution in [1.82, 2.24) is 19.2 Å². The van der Waals surface area contributed by atoms with Gasteiger partial charge in [0.05, 0.1) is 10.6 Å². The average Bonchev–Trinajstić information content (AvgIpc) is 2.92. The van der Waals surface area contributed by atoms with Gasteiger partial charge in [-0.05, 0) is 44.9 Å². The Morgan fingerprint density at radius 3 is 2.73 bits per heavy atom. The predicted octanol–water partition coefficient (Wildman–Crippen LogP) is 3.49. The third kappa shape index (κ3) is 3.53. The molecule has 2 aromatic rings. The van der Waals surface area contributed by atoms with Gasteiger partial charge in [0.2, 0.25) is 0 Å². The number of piperidine rings is 1. The number of benzene rings is 1. The van der Waals surface area contributed by atoms with Gasteiger partial charge in [-0.2, -0.15) is 5.10 Å². The Balaban J connectivity index is 1.89. The number of likely N-dealkylation sites (tertiary alicyclic amines) is 1. The summed E-state index contributed by atoms with van der Waals surface area (Å²) in [5, 5.41) is 5.30. The summed E-state index contributed by atoms with van der Waals surface area (Å²) in [7, 11) is 1.65. The van der Waals surface area contributed by atoms with Crippen molar-refractivity contribution in [2.24, 2.45) is 7.05 Å². The maximum atomic E-state index is 12.9. The summed E-state index contributed by atoms with van der Waals surface area (Å²) in [5.74, 6) is 0.612. The zero-order valence-corrected chi connectivity index (χ0v) is 16.6. The number of rotatable bonds is 3. The van der Waals surface area contributed by atoms with Gasteiger partial charge in [-0.15, -0.1) is 0 Å². The summed E-state index contributed by atoms with van der Waals surface area (Å²) in [5.41, 5.74) is 0.276. The lowest BCUT2D eigenvalue weighted by Crippen LogP contribution is -2.40. The number of nitrogens with zero attached hydrogens (tertiary/aromatic N) is 4. The van der Waals surface area contributed by atoms with Crippen LogP contribution in [0.15, 0.2) is 23.0 Å². The van der Waals surface area contributed by atoms with Crippen molar-refractivity contribution in [3.05, 3.63) is 50.1 Å². The zero-order valence-electron chi connectivity index (χ0n) is 15.1. The van der Waals surface area contributed by atoms with Crippen LogP contribution in [0.2, 0.25) is 10.0 Å². The van der Waals surface area contributed by atoms with E-state index in [1.54, 1.807) is 34.7 Å². The van der Waals surface area contributed by atoms with Crippen LogP contribution < -0.4 is 5.69 Å². The van der Waals surface area contributed by atoms with Gasteiger partial charge in [0.1, 0.15) is 5.82 Å². The van der Waals surface area contributed by atoms with Crippen LogP contribution in [0.5, 0.6) is 0 Å². The standard InChI is InChI=1S/C18H22Cl2N4O2/c1-11(2)24-16(21-22(3)18(24)26)12-5-4-8-23(10-12)17(25)14-9-13(19)6-7-15(14)20/h6-7,9,11-12H,4-5,8,10H2,1-3H3. The summed E-state index contributed by atoms with van der Waals surface area (Å²) in [4.78, 5) is 27.0. The molecule has 1 amide bonds. The van der Waals surface area contributed by atoms with E-state index in [2.05, 4.69) is 5.10 Å². The number of carbonyl (C=O) groups excluding carboxylic acids is 1. The molecular weight excluding hydrogens is 375 g/mol. The Morgan fingerprint density at radius 1 is 1.31 bits per heavy atom. The Kier molecular flexibility index (Phi) is 5.44. The highest BCUT2D eigenvalue weighted by molar-refractivity contribution is 6.35. The van der Waals surface area contributed by atoms with Gasteiger partial charge in [-0.25, -0.2) is 9.48 Å². The quantitative estimate of drug-likeness (QED) is 0.797. The smallest absolute Gasteiger partial charge is 0.338 e. The largest absolute Gasteiger partial charge is 0.345 e. The average molecular weight is 397 g/mol. The molecule has 140 valence electrons. The number of amides is 1. The van der Waals surface area contributed by atoms with Crippen molar-refractivity contribution >= 4 is 29.1 Å². The summed E-state index contributed by atoms with van der Waals surface area (Å²) < 4.78 is 3.08. The van der Waals surface area contributed by atoms with Gasteiger partial charge in [0, 0.05) is 37.1 Å². The molecule has 0 saturated carbocycles. The number of hydrogen-bond acceptors (Lipinski definition) is 3. The van der Waals surface area contributed by atoms with E-state index in [9.17, 15) is 9.59 Å². The van der Waals surface area contributed by atoms with E-state index < -0.39 is 0 Å². The van der Waals surface area contributed by atoms with Gasteiger partial charge >= 0.3 is 5.69 Å². The summed E-state index contributed by atoms with van der Waals surface area (Å²) in [6, 6.07) is 4.91. The topological polar surface area (TPSA) is 60.1 Å². The minimum atomic E-state index is -0.142. The maximum absolute atomic E-state index is 12.9. The fraction of sp³-hybridized carbons (Fsp3) is 0.500. The van der Waals surface area contributed by atoms with Crippen LogP contribution in [0, 0.1) is 0 Å². The first kappa shape index (κ1) is 19.0. The van der Waals surface area contributed by atoms with E-state index in [-0.39, 0.29) is 23.6 Å². The second-order valence-corrected chi connectivity index (χ2v) is 7.79. The lowest BCUT2D eigenvalue weighted by Gasteiger charge is -2.33. The Labute approximate surface area is 162 Å². The first-order valence-electron chi connectivity index (χ1n) is 8.69. The molecule has 1 aliphatic heterocycles. The first-order valence-corrected chi connectivity index (χ1v) is 9.45. The van der Waals surface area contributed by atoms with Gasteiger partial charge < -0.3 is 4.90 Å². The molecule has 0 spiro atoms. The Bertz CT molecular complexity index is 888. The molecule has 0 bridgehead atoms. The van der Waals surface area contributed by atoms with Gasteiger partial charge in [0.15, 0.2) is 0 Å². The molecule has 3 rings (SSSR count). The fourth-order valence-corrected chi connectivity index (χ4v) is 3.84. The van der Waals surface area contributed by atoms with E-state index in [1.165, 1.54) is 4.68 Å². The van der Waals surface area contributed by atoms with Crippen LogP contribution in [-0.4, -0.2) is 38.2 Å². The van der Waals surface area contributed by atoms with Crippen LogP contribution in [0.1, 0.15) is 54.8 Å². The lowest BCUT2D eigenvalue weighted by atomic mass is 9.96. The maximum Gasteiger partial charge on any atom is 0.345 e. The summed E-state index contributed by atoms with van der Waals surface area (Å²) in [6.45, 7) is 5.08. The molecule has 0 aliphatic carbocycles. The van der Waals surface area contributed by atoms with E-state index in [0.717, 1.165) is 18.7 Å². The van der Waals surface area contributed by atoms with Crippen molar-refractivity contribution in [2.45, 2.75) is 38.6 Å². The second-order valence-electron chi connectivity index (χ2n) is 6.94. The molecule has 0 radical (unpaired) electrons. The molecule has 1 fully saturated rings. The molecule has 1 atom stereocenters. The highest BCUT2D eigenvalue weighted by Gasteiger charge is 2.31. The molecule has 26 heavy (non-hydrogen) atoms. The van der Waals surface area contributed by atoms with Gasteiger partial charge in [-0.3, -0.25) is 9.36 Å². The highest BCUT2D eigenvalue weighted by atomic mass is 35.5. The van der Waals surface area contributed by atoms with Crippen LogP contribution in [0.4, 0.5) is 0 Å². The minimum absolute atomic E-state index is 0.0136. The third-order valence-corrected chi connectivity index (χ3v) is 5.30. The molecule has 1 aliphatic rings. The SMILES string of the molecule is CC(C)n1c(C2CCCN(C(=O)c3cc(Cl)ccc3Cl)C2)nn(C)c1=O. The third-order valence-electron chi connectivity index (χ3n) is 4.73. The fourth-order valence-electron chi connectivity index (χ4n) is 3.47. The van der Waals surface area contributed by atoms with Gasteiger partial charge in [0.25, 0.3) is 5.91 Å². The molecule has 1 unspecified atom stereocenters. The molecule has 6 nitrogen and oxygen atoms in total. The molecule has 0 N–H and O–H groups in total. The number of aromatic nitrogens is 3. The molecule has 2 heterocycles. The van der Waals surface area contributed by atoms with E-state index in [4.69, 9.17) is 23.2 Å². The zero-order chi connectivity index (χ0) is 19.0. The second kappa shape index (κ2) is 7.45. The number of carbonyl (C=O) groups is 1. The summed E-state index contributed by atoms with van der Waals surface area (Å²) >= 11 is 12.2. The van der Waals surface area contributed by atoms with E-state index in [0.29, 0.717) is 28.7 Å². The number of halogens is 2. The predicted molar refractivity (Wildman–Crippen MR) is 102 cm³/mol. The normalized spacial score (nSPS) is 17.8. The van der Waals surface area contributed by atoms with Crippen molar-refractivity contribution in [2.75, 3.05) is 13.1 Å². The van der Waals surface area contributed by atoms with Gasteiger partial charge in [-0.1, -0.05) is 23.2 Å². The van der Waals surface area contributed by atoms with Crippen molar-refractivity contribution in [3.8, 4) is 0 Å². The highest BCUT2D eigenvalue weighted by Crippen LogP contribution is 2.29. The Hall–Kier alpha value is -1.79. The number of aryl methyl sites for hydroxylation is 1. The van der Waals surface area contributed by atoms with Crippen LogP contribution in [-0.2, 0) is 7.05 Å². The van der Waals surface area contributed by atoms with E-state index >= 15 is 0 Å². The molecule has 1 aromatic carbocycles. The van der Waals surface area contributed by atoms with E-state index in [1.807, 2.05) is 13.8 Å². The van der Waals surface area contributed by atoms with Crippen molar-refractivity contribution in [1.29, 1.82) is 0 Å².